The molecular formula is C19H13FN2O2S. The van der Waals surface area contributed by atoms with E-state index >= 15 is 0 Å². The van der Waals surface area contributed by atoms with E-state index in [-0.39, 0.29) is 18.3 Å². The standard InChI is InChI=1S/C19H13FN2O2S/c20-14-6-4-13(5-7-14)17-8-9-18(25-17)19(23)22-15-2-1-3-16(12-15)24-11-10-21/h1-9,12H,11H2,(H,22,23). The molecule has 0 aliphatic rings. The third-order valence-electron chi connectivity index (χ3n) is 3.35. The van der Waals surface area contributed by atoms with Gasteiger partial charge >= 0.3 is 0 Å². The minimum atomic E-state index is -0.295. The number of rotatable bonds is 5. The van der Waals surface area contributed by atoms with Crippen molar-refractivity contribution in [1.29, 1.82) is 5.26 Å². The highest BCUT2D eigenvalue weighted by Gasteiger charge is 2.11. The zero-order valence-corrected chi connectivity index (χ0v) is 13.8. The SMILES string of the molecule is N#CCOc1cccc(NC(=O)c2ccc(-c3ccc(F)cc3)s2)c1. The Kier molecular flexibility index (Phi) is 5.07. The van der Waals surface area contributed by atoms with E-state index in [1.54, 1.807) is 42.5 Å². The van der Waals surface area contributed by atoms with Gasteiger partial charge in [-0.05, 0) is 42.0 Å². The number of amides is 1. The molecule has 6 heteroatoms. The van der Waals surface area contributed by atoms with Crippen molar-refractivity contribution in [3.8, 4) is 22.3 Å². The van der Waals surface area contributed by atoms with Crippen LogP contribution in [0.3, 0.4) is 0 Å². The molecule has 0 fully saturated rings. The zero-order valence-electron chi connectivity index (χ0n) is 13.0. The first-order valence-corrected chi connectivity index (χ1v) is 8.24. The van der Waals surface area contributed by atoms with Gasteiger partial charge in [0, 0.05) is 16.6 Å². The monoisotopic (exact) mass is 352 g/mol. The van der Waals surface area contributed by atoms with Crippen LogP contribution in [-0.2, 0) is 0 Å². The summed E-state index contributed by atoms with van der Waals surface area (Å²) in [6.07, 6.45) is 0. The molecule has 1 heterocycles. The van der Waals surface area contributed by atoms with E-state index in [4.69, 9.17) is 10.00 Å². The fraction of sp³-hybridized carbons (Fsp3) is 0.0526. The first kappa shape index (κ1) is 16.7. The van der Waals surface area contributed by atoms with E-state index in [2.05, 4.69) is 5.32 Å². The highest BCUT2D eigenvalue weighted by Crippen LogP contribution is 2.29. The van der Waals surface area contributed by atoms with Crippen LogP contribution in [0.25, 0.3) is 10.4 Å². The topological polar surface area (TPSA) is 62.1 Å². The Morgan fingerprint density at radius 1 is 1.16 bits per heavy atom. The predicted octanol–water partition coefficient (Wildman–Crippen LogP) is 4.71. The number of halogens is 1. The minimum absolute atomic E-state index is 0.0522. The number of ether oxygens (including phenoxy) is 1. The Labute approximate surface area is 148 Å². The Hall–Kier alpha value is -3.17. The summed E-state index contributed by atoms with van der Waals surface area (Å²) < 4.78 is 18.2. The number of hydrogen-bond acceptors (Lipinski definition) is 4. The van der Waals surface area contributed by atoms with Crippen LogP contribution in [0.4, 0.5) is 10.1 Å². The van der Waals surface area contributed by atoms with E-state index < -0.39 is 0 Å². The summed E-state index contributed by atoms with van der Waals surface area (Å²) in [5, 5.41) is 11.3. The van der Waals surface area contributed by atoms with E-state index in [1.807, 2.05) is 12.1 Å². The van der Waals surface area contributed by atoms with Crippen molar-refractivity contribution < 1.29 is 13.9 Å². The number of hydrogen-bond donors (Lipinski definition) is 1. The van der Waals surface area contributed by atoms with Crippen LogP contribution in [0.2, 0.25) is 0 Å². The smallest absolute Gasteiger partial charge is 0.265 e. The lowest BCUT2D eigenvalue weighted by Crippen LogP contribution is -2.10. The maximum atomic E-state index is 13.0. The van der Waals surface area contributed by atoms with Crippen LogP contribution in [0, 0.1) is 17.1 Å². The second kappa shape index (κ2) is 7.60. The summed E-state index contributed by atoms with van der Waals surface area (Å²) in [4.78, 5) is 13.8. The van der Waals surface area contributed by atoms with Crippen molar-refractivity contribution in [2.45, 2.75) is 0 Å². The zero-order chi connectivity index (χ0) is 17.6. The molecule has 3 rings (SSSR count). The summed E-state index contributed by atoms with van der Waals surface area (Å²) in [7, 11) is 0. The van der Waals surface area contributed by atoms with Gasteiger partial charge in [-0.1, -0.05) is 18.2 Å². The molecule has 0 saturated heterocycles. The maximum Gasteiger partial charge on any atom is 0.265 e. The van der Waals surface area contributed by atoms with Gasteiger partial charge in [-0.2, -0.15) is 5.26 Å². The molecular weight excluding hydrogens is 339 g/mol. The summed E-state index contributed by atoms with van der Waals surface area (Å²) in [6, 6.07) is 18.4. The van der Waals surface area contributed by atoms with Gasteiger partial charge < -0.3 is 10.1 Å². The summed E-state index contributed by atoms with van der Waals surface area (Å²) in [6.45, 7) is -0.0522. The highest BCUT2D eigenvalue weighted by molar-refractivity contribution is 7.17. The second-order valence-electron chi connectivity index (χ2n) is 5.10. The third-order valence-corrected chi connectivity index (χ3v) is 4.49. The van der Waals surface area contributed by atoms with Crippen molar-refractivity contribution in [2.24, 2.45) is 0 Å². The number of nitriles is 1. The number of benzene rings is 2. The lowest BCUT2D eigenvalue weighted by atomic mass is 10.2. The van der Waals surface area contributed by atoms with Gasteiger partial charge in [-0.3, -0.25) is 4.79 Å². The first-order chi connectivity index (χ1) is 12.2. The molecule has 0 saturated carbocycles. The largest absolute Gasteiger partial charge is 0.479 e. The molecule has 0 radical (unpaired) electrons. The summed E-state index contributed by atoms with van der Waals surface area (Å²) in [5.74, 6) is -0.0231. The quantitative estimate of drug-likeness (QED) is 0.723. The van der Waals surface area contributed by atoms with Gasteiger partial charge in [0.2, 0.25) is 0 Å². The molecule has 3 aromatic rings. The minimum Gasteiger partial charge on any atom is -0.479 e. The molecule has 124 valence electrons. The molecule has 0 spiro atoms. The lowest BCUT2D eigenvalue weighted by Gasteiger charge is -2.06. The highest BCUT2D eigenvalue weighted by atomic mass is 32.1. The molecule has 1 amide bonds. The normalized spacial score (nSPS) is 10.1. The van der Waals surface area contributed by atoms with E-state index in [0.717, 1.165) is 10.4 Å². The molecule has 0 aliphatic carbocycles. The number of nitrogens with one attached hydrogen (secondary N) is 1. The molecule has 0 atom stereocenters. The van der Waals surface area contributed by atoms with Crippen LogP contribution in [0.15, 0.2) is 60.7 Å². The van der Waals surface area contributed by atoms with E-state index in [1.165, 1.54) is 23.5 Å². The van der Waals surface area contributed by atoms with Crippen LogP contribution >= 0.6 is 11.3 Å². The second-order valence-corrected chi connectivity index (χ2v) is 6.18. The van der Waals surface area contributed by atoms with Crippen molar-refractivity contribution in [1.82, 2.24) is 0 Å². The van der Waals surface area contributed by atoms with Gasteiger partial charge in [-0.15, -0.1) is 11.3 Å². The van der Waals surface area contributed by atoms with Crippen LogP contribution < -0.4 is 10.1 Å². The molecule has 4 nitrogen and oxygen atoms in total. The molecule has 25 heavy (non-hydrogen) atoms. The van der Waals surface area contributed by atoms with Crippen molar-refractivity contribution in [3.05, 3.63) is 71.4 Å². The fourth-order valence-electron chi connectivity index (χ4n) is 2.20. The average molecular weight is 352 g/mol. The van der Waals surface area contributed by atoms with Gasteiger partial charge in [0.25, 0.3) is 5.91 Å². The van der Waals surface area contributed by atoms with E-state index in [9.17, 15) is 9.18 Å². The molecule has 0 bridgehead atoms. The number of anilines is 1. The predicted molar refractivity (Wildman–Crippen MR) is 95.2 cm³/mol. The molecule has 0 aliphatic heterocycles. The number of nitrogens with zero attached hydrogens (tertiary/aromatic N) is 1. The van der Waals surface area contributed by atoms with Crippen LogP contribution in [-0.4, -0.2) is 12.5 Å². The molecule has 0 unspecified atom stereocenters. The van der Waals surface area contributed by atoms with E-state index in [0.29, 0.717) is 16.3 Å². The molecule has 1 aromatic heterocycles. The van der Waals surface area contributed by atoms with Crippen LogP contribution in [0.1, 0.15) is 9.67 Å². The van der Waals surface area contributed by atoms with Crippen molar-refractivity contribution >= 4 is 22.9 Å². The third kappa shape index (κ3) is 4.22. The number of carbonyl (C=O) groups is 1. The van der Waals surface area contributed by atoms with Gasteiger partial charge in [0.05, 0.1) is 4.88 Å². The maximum absolute atomic E-state index is 13.0. The fourth-order valence-corrected chi connectivity index (χ4v) is 3.11. The summed E-state index contributed by atoms with van der Waals surface area (Å²) >= 11 is 1.33. The Balaban J connectivity index is 1.72. The van der Waals surface area contributed by atoms with Gasteiger partial charge in [0.15, 0.2) is 6.61 Å². The Morgan fingerprint density at radius 2 is 1.96 bits per heavy atom. The number of thiophene rings is 1. The van der Waals surface area contributed by atoms with Crippen molar-refractivity contribution in [2.75, 3.05) is 11.9 Å². The molecule has 2 aromatic carbocycles. The summed E-state index contributed by atoms with van der Waals surface area (Å²) in [5.41, 5.74) is 1.44. The first-order valence-electron chi connectivity index (χ1n) is 7.42. The van der Waals surface area contributed by atoms with Crippen molar-refractivity contribution in [3.63, 3.8) is 0 Å². The lowest BCUT2D eigenvalue weighted by molar-refractivity contribution is 0.103. The molecule has 1 N–H and O–H groups in total. The number of carbonyl (C=O) groups excluding carboxylic acids is 1. The Bertz CT molecular complexity index is 929. The van der Waals surface area contributed by atoms with Crippen LogP contribution in [0.5, 0.6) is 5.75 Å². The van der Waals surface area contributed by atoms with Gasteiger partial charge in [-0.25, -0.2) is 4.39 Å². The van der Waals surface area contributed by atoms with Gasteiger partial charge in [0.1, 0.15) is 17.6 Å². The Morgan fingerprint density at radius 3 is 2.72 bits per heavy atom. The average Bonchev–Trinajstić information content (AvgIpc) is 3.11.